The van der Waals surface area contributed by atoms with Crippen molar-refractivity contribution < 1.29 is 14.3 Å². The number of methoxy groups -OCH3 is 1. The highest BCUT2D eigenvalue weighted by atomic mass is 16.5. The summed E-state index contributed by atoms with van der Waals surface area (Å²) >= 11 is 0. The van der Waals surface area contributed by atoms with Gasteiger partial charge in [-0.3, -0.25) is 9.59 Å². The van der Waals surface area contributed by atoms with Crippen molar-refractivity contribution in [1.29, 1.82) is 0 Å². The molecule has 2 N–H and O–H groups in total. The van der Waals surface area contributed by atoms with E-state index in [2.05, 4.69) is 22.5 Å². The summed E-state index contributed by atoms with van der Waals surface area (Å²) in [7, 11) is 1.61. The zero-order valence-corrected chi connectivity index (χ0v) is 17.0. The molecule has 0 atom stereocenters. The van der Waals surface area contributed by atoms with Gasteiger partial charge in [-0.1, -0.05) is 20.8 Å². The second kappa shape index (κ2) is 10.3. The van der Waals surface area contributed by atoms with E-state index in [9.17, 15) is 9.59 Å². The van der Waals surface area contributed by atoms with E-state index in [0.717, 1.165) is 37.5 Å². The number of hydrogen-bond acceptors (Lipinski definition) is 4. The fourth-order valence-electron chi connectivity index (χ4n) is 3.27. The molecule has 0 aliphatic carbocycles. The third-order valence-electron chi connectivity index (χ3n) is 4.83. The second-order valence-corrected chi connectivity index (χ2v) is 7.80. The quantitative estimate of drug-likeness (QED) is 0.684. The number of benzene rings is 1. The van der Waals surface area contributed by atoms with E-state index in [1.54, 1.807) is 13.2 Å². The van der Waals surface area contributed by atoms with Crippen molar-refractivity contribution in [2.24, 2.45) is 11.8 Å². The SMILES string of the molecule is COCCNC(=O)c1cc(NC(=O)CC(C)C)ccc1N1CCC(C)CC1. The summed E-state index contributed by atoms with van der Waals surface area (Å²) < 4.78 is 5.02. The first kappa shape index (κ1) is 21.2. The van der Waals surface area contributed by atoms with Crippen molar-refractivity contribution in [3.05, 3.63) is 23.8 Å². The maximum atomic E-state index is 12.8. The highest BCUT2D eigenvalue weighted by molar-refractivity contribution is 6.02. The summed E-state index contributed by atoms with van der Waals surface area (Å²) in [6.45, 7) is 9.09. The van der Waals surface area contributed by atoms with E-state index in [0.29, 0.717) is 30.8 Å². The molecule has 6 heteroatoms. The van der Waals surface area contributed by atoms with E-state index in [4.69, 9.17) is 4.74 Å². The number of carbonyl (C=O) groups excluding carboxylic acids is 2. The minimum absolute atomic E-state index is 0.0321. The van der Waals surface area contributed by atoms with Gasteiger partial charge in [0.1, 0.15) is 0 Å². The van der Waals surface area contributed by atoms with Gasteiger partial charge in [0, 0.05) is 44.5 Å². The van der Waals surface area contributed by atoms with Crippen LogP contribution in [0.2, 0.25) is 0 Å². The number of hydrogen-bond donors (Lipinski definition) is 2. The van der Waals surface area contributed by atoms with Crippen LogP contribution < -0.4 is 15.5 Å². The Kier molecular flexibility index (Phi) is 8.10. The lowest BCUT2D eigenvalue weighted by atomic mass is 9.97. The van der Waals surface area contributed by atoms with Crippen LogP contribution in [0, 0.1) is 11.8 Å². The molecule has 1 saturated heterocycles. The van der Waals surface area contributed by atoms with E-state index in [1.807, 2.05) is 26.0 Å². The molecule has 0 unspecified atom stereocenters. The lowest BCUT2D eigenvalue weighted by molar-refractivity contribution is -0.116. The second-order valence-electron chi connectivity index (χ2n) is 7.80. The third kappa shape index (κ3) is 6.54. The fraction of sp³-hybridized carbons (Fsp3) is 0.619. The van der Waals surface area contributed by atoms with Crippen LogP contribution in [0.25, 0.3) is 0 Å². The molecule has 2 rings (SSSR count). The van der Waals surface area contributed by atoms with Gasteiger partial charge in [0.05, 0.1) is 12.2 Å². The monoisotopic (exact) mass is 375 g/mol. The van der Waals surface area contributed by atoms with Crippen LogP contribution in [-0.4, -0.2) is 45.2 Å². The number of carbonyl (C=O) groups is 2. The Bertz CT molecular complexity index is 638. The average Bonchev–Trinajstić information content (AvgIpc) is 2.62. The molecule has 1 aliphatic rings. The molecule has 0 radical (unpaired) electrons. The first-order valence-electron chi connectivity index (χ1n) is 9.86. The lowest BCUT2D eigenvalue weighted by Crippen LogP contribution is -2.35. The molecule has 1 aliphatic heterocycles. The van der Waals surface area contributed by atoms with Crippen LogP contribution in [-0.2, 0) is 9.53 Å². The minimum Gasteiger partial charge on any atom is -0.383 e. The van der Waals surface area contributed by atoms with Crippen molar-refractivity contribution in [3.63, 3.8) is 0 Å². The zero-order chi connectivity index (χ0) is 19.8. The molecule has 1 aromatic carbocycles. The number of anilines is 2. The van der Waals surface area contributed by atoms with E-state index >= 15 is 0 Å². The Morgan fingerprint density at radius 1 is 1.26 bits per heavy atom. The van der Waals surface area contributed by atoms with Gasteiger partial charge in [0.15, 0.2) is 0 Å². The van der Waals surface area contributed by atoms with Crippen molar-refractivity contribution in [1.82, 2.24) is 5.32 Å². The third-order valence-corrected chi connectivity index (χ3v) is 4.83. The summed E-state index contributed by atoms with van der Waals surface area (Å²) in [5, 5.41) is 5.81. The maximum Gasteiger partial charge on any atom is 0.253 e. The van der Waals surface area contributed by atoms with Gasteiger partial charge in [0.2, 0.25) is 5.91 Å². The molecule has 1 fully saturated rings. The predicted octanol–water partition coefficient (Wildman–Crippen LogP) is 3.28. The van der Waals surface area contributed by atoms with Crippen LogP contribution in [0.4, 0.5) is 11.4 Å². The van der Waals surface area contributed by atoms with Crippen LogP contribution in [0.3, 0.4) is 0 Å². The average molecular weight is 376 g/mol. The van der Waals surface area contributed by atoms with Crippen LogP contribution in [0.15, 0.2) is 18.2 Å². The van der Waals surface area contributed by atoms with Crippen LogP contribution in [0.1, 0.15) is 50.4 Å². The Balaban J connectivity index is 2.21. The molecule has 150 valence electrons. The number of ether oxygens (including phenoxy) is 1. The Morgan fingerprint density at radius 2 is 1.96 bits per heavy atom. The number of nitrogens with zero attached hydrogens (tertiary/aromatic N) is 1. The van der Waals surface area contributed by atoms with Gasteiger partial charge in [0.25, 0.3) is 5.91 Å². The van der Waals surface area contributed by atoms with Gasteiger partial charge in [-0.2, -0.15) is 0 Å². The molecule has 0 saturated carbocycles. The zero-order valence-electron chi connectivity index (χ0n) is 17.0. The summed E-state index contributed by atoms with van der Waals surface area (Å²) in [6.07, 6.45) is 2.70. The van der Waals surface area contributed by atoms with E-state index < -0.39 is 0 Å². The van der Waals surface area contributed by atoms with Crippen molar-refractivity contribution in [3.8, 4) is 0 Å². The van der Waals surface area contributed by atoms with Crippen LogP contribution in [0.5, 0.6) is 0 Å². The predicted molar refractivity (Wildman–Crippen MR) is 109 cm³/mol. The Labute approximate surface area is 162 Å². The fourth-order valence-corrected chi connectivity index (χ4v) is 3.27. The molecule has 1 aromatic rings. The Morgan fingerprint density at radius 3 is 2.59 bits per heavy atom. The van der Waals surface area contributed by atoms with Crippen LogP contribution >= 0.6 is 0 Å². The summed E-state index contributed by atoms with van der Waals surface area (Å²) in [4.78, 5) is 27.1. The normalized spacial score (nSPS) is 15.1. The maximum absolute atomic E-state index is 12.8. The van der Waals surface area contributed by atoms with Gasteiger partial charge in [-0.25, -0.2) is 0 Å². The van der Waals surface area contributed by atoms with Gasteiger partial charge in [-0.15, -0.1) is 0 Å². The summed E-state index contributed by atoms with van der Waals surface area (Å²) in [6, 6.07) is 5.62. The molecule has 0 bridgehead atoms. The standard InChI is InChI=1S/C21H33N3O3/c1-15(2)13-20(25)23-17-5-6-19(24-10-7-16(3)8-11-24)18(14-17)21(26)22-9-12-27-4/h5-6,14-16H,7-13H2,1-4H3,(H,22,26)(H,23,25). The molecule has 2 amide bonds. The topological polar surface area (TPSA) is 70.7 Å². The van der Waals surface area contributed by atoms with Gasteiger partial charge < -0.3 is 20.3 Å². The van der Waals surface area contributed by atoms with E-state index in [-0.39, 0.29) is 17.7 Å². The number of amides is 2. The van der Waals surface area contributed by atoms with Crippen molar-refractivity contribution in [2.45, 2.75) is 40.0 Å². The van der Waals surface area contributed by atoms with Gasteiger partial charge >= 0.3 is 0 Å². The number of nitrogens with one attached hydrogen (secondary N) is 2. The van der Waals surface area contributed by atoms with Gasteiger partial charge in [-0.05, 0) is 42.9 Å². The summed E-state index contributed by atoms with van der Waals surface area (Å²) in [5.41, 5.74) is 2.19. The molecular formula is C21H33N3O3. The largest absolute Gasteiger partial charge is 0.383 e. The molecule has 1 heterocycles. The van der Waals surface area contributed by atoms with Crippen molar-refractivity contribution >= 4 is 23.2 Å². The molecule has 27 heavy (non-hydrogen) atoms. The lowest BCUT2D eigenvalue weighted by Gasteiger charge is -2.33. The molecule has 0 spiro atoms. The number of rotatable bonds is 8. The Hall–Kier alpha value is -2.08. The summed E-state index contributed by atoms with van der Waals surface area (Å²) in [5.74, 6) is 0.835. The number of piperidine rings is 1. The van der Waals surface area contributed by atoms with Crippen molar-refractivity contribution in [2.75, 3.05) is 43.6 Å². The van der Waals surface area contributed by atoms with E-state index in [1.165, 1.54) is 0 Å². The first-order chi connectivity index (χ1) is 12.9. The minimum atomic E-state index is -0.138. The smallest absolute Gasteiger partial charge is 0.253 e. The first-order valence-corrected chi connectivity index (χ1v) is 9.86. The highest BCUT2D eigenvalue weighted by Gasteiger charge is 2.21. The molecular weight excluding hydrogens is 342 g/mol. The molecule has 6 nitrogen and oxygen atoms in total. The molecule has 0 aromatic heterocycles. The highest BCUT2D eigenvalue weighted by Crippen LogP contribution is 2.29.